The lowest BCUT2D eigenvalue weighted by molar-refractivity contribution is -0.000278. The zero-order valence-corrected chi connectivity index (χ0v) is 22.1. The minimum Gasteiger partial charge on any atom is -0.141 e. The summed E-state index contributed by atoms with van der Waals surface area (Å²) in [6, 6.07) is 18.8. The molecule has 2 aromatic rings. The third kappa shape index (κ3) is 2.87. The van der Waals surface area contributed by atoms with E-state index in [0.717, 1.165) is 47.3 Å². The molecule has 0 radical (unpaired) electrons. The number of fused-ring (bicyclic) bond motifs is 3. The molecule has 8 saturated carbocycles. The van der Waals surface area contributed by atoms with E-state index in [-0.39, 0.29) is 0 Å². The number of anilines is 2. The molecule has 1 aliphatic heterocycles. The van der Waals surface area contributed by atoms with Gasteiger partial charge in [-0.2, -0.15) is 0 Å². The maximum absolute atomic E-state index is 15.3. The lowest BCUT2D eigenvalue weighted by Crippen LogP contribution is -2.57. The number of hydrogen-bond acceptors (Lipinski definition) is 1. The van der Waals surface area contributed by atoms with Crippen LogP contribution in [0.25, 0.3) is 11.1 Å². The zero-order chi connectivity index (χ0) is 23.5. The first-order valence-electron chi connectivity index (χ1n) is 14.9. The van der Waals surface area contributed by atoms with Crippen LogP contribution in [-0.2, 0) is 4.57 Å². The Labute approximate surface area is 216 Å². The highest BCUT2D eigenvalue weighted by molar-refractivity contribution is 7.48. The molecular formula is C32H38N2OP+. The summed E-state index contributed by atoms with van der Waals surface area (Å²) < 4.78 is 20.4. The molecule has 0 unspecified atom stereocenters. The van der Waals surface area contributed by atoms with Crippen LogP contribution in [0.1, 0.15) is 64.2 Å². The second kappa shape index (κ2) is 7.59. The molecule has 0 atom stereocenters. The second-order valence-corrected chi connectivity index (χ2v) is 15.2. The molecule has 2 aromatic carbocycles. The Balaban J connectivity index is 1.22. The Hall–Kier alpha value is -1.86. The molecular weight excluding hydrogens is 459 g/mol. The monoisotopic (exact) mass is 497 g/mol. The van der Waals surface area contributed by atoms with Gasteiger partial charge in [-0.25, -0.2) is 0 Å². The van der Waals surface area contributed by atoms with Crippen molar-refractivity contribution in [2.24, 2.45) is 47.3 Å². The fourth-order valence-electron chi connectivity index (χ4n) is 11.2. The summed E-state index contributed by atoms with van der Waals surface area (Å²) in [6.07, 6.45) is 13.9. The standard InChI is InChI=1S/C32H38N2OP/c35-36-33(31-23-11-19-9-20(13-23)14-24(31)12-19)29-7-3-1-5-27(29)28-6-2-4-8-30(28)34(36)32-25-15-21-10-22(17-25)18-26(32)16-21/h1-8,19-26,31-32H,9-18H2/q+1. The highest BCUT2D eigenvalue weighted by Gasteiger charge is 2.61. The van der Waals surface area contributed by atoms with Gasteiger partial charge < -0.3 is 0 Å². The summed E-state index contributed by atoms with van der Waals surface area (Å²) in [4.78, 5) is 0. The molecule has 3 nitrogen and oxygen atoms in total. The lowest BCUT2D eigenvalue weighted by Gasteiger charge is -2.56. The van der Waals surface area contributed by atoms with E-state index in [0.29, 0.717) is 12.1 Å². The summed E-state index contributed by atoms with van der Waals surface area (Å²) in [5.41, 5.74) is 5.10. The molecule has 11 rings (SSSR count). The normalized spacial score (nSPS) is 44.5. The first-order chi connectivity index (χ1) is 17.7. The van der Waals surface area contributed by atoms with E-state index in [1.54, 1.807) is 0 Å². The molecule has 4 heteroatoms. The number of benzene rings is 2. The van der Waals surface area contributed by atoms with Crippen molar-refractivity contribution in [3.05, 3.63) is 48.5 Å². The van der Waals surface area contributed by atoms with Crippen molar-refractivity contribution in [1.82, 2.24) is 0 Å². The molecule has 0 spiro atoms. The van der Waals surface area contributed by atoms with Gasteiger partial charge in [0.1, 0.15) is 0 Å². The lowest BCUT2D eigenvalue weighted by atomic mass is 9.54. The van der Waals surface area contributed by atoms with Gasteiger partial charge in [-0.15, -0.1) is 9.34 Å². The molecule has 186 valence electrons. The topological polar surface area (TPSA) is 23.6 Å². The molecule has 1 heterocycles. The third-order valence-electron chi connectivity index (χ3n) is 11.9. The Kier molecular flexibility index (Phi) is 4.45. The largest absolute Gasteiger partial charge is 0.596 e. The van der Waals surface area contributed by atoms with E-state index >= 15 is 4.57 Å². The Morgan fingerprint density at radius 1 is 0.500 bits per heavy atom. The maximum atomic E-state index is 15.3. The van der Waals surface area contributed by atoms with E-state index in [2.05, 4.69) is 57.9 Å². The van der Waals surface area contributed by atoms with Crippen LogP contribution in [0.4, 0.5) is 11.4 Å². The maximum Gasteiger partial charge on any atom is 0.596 e. The van der Waals surface area contributed by atoms with Crippen molar-refractivity contribution in [2.75, 3.05) is 9.34 Å². The fraction of sp³-hybridized carbons (Fsp3) is 0.625. The van der Waals surface area contributed by atoms with Crippen LogP contribution in [0, 0.1) is 47.3 Å². The average Bonchev–Trinajstić information content (AvgIpc) is 2.97. The van der Waals surface area contributed by atoms with E-state index in [4.69, 9.17) is 0 Å². The van der Waals surface area contributed by atoms with Gasteiger partial charge in [-0.05, 0) is 128 Å². The van der Waals surface area contributed by atoms with Gasteiger partial charge in [-0.3, -0.25) is 0 Å². The van der Waals surface area contributed by atoms with Crippen LogP contribution in [0.15, 0.2) is 48.5 Å². The van der Waals surface area contributed by atoms with Gasteiger partial charge in [0.15, 0.2) is 0 Å². The summed E-state index contributed by atoms with van der Waals surface area (Å²) >= 11 is 0. The van der Waals surface area contributed by atoms with Gasteiger partial charge in [0.25, 0.3) is 0 Å². The summed E-state index contributed by atoms with van der Waals surface area (Å²) in [6.45, 7) is 0. The minimum atomic E-state index is -1.70. The fourth-order valence-corrected chi connectivity index (χ4v) is 13.4. The van der Waals surface area contributed by atoms with Crippen LogP contribution >= 0.6 is 8.10 Å². The van der Waals surface area contributed by atoms with Gasteiger partial charge >= 0.3 is 8.10 Å². The van der Waals surface area contributed by atoms with Crippen LogP contribution in [0.3, 0.4) is 0 Å². The Morgan fingerprint density at radius 2 is 0.833 bits per heavy atom. The molecule has 0 aromatic heterocycles. The molecule has 8 fully saturated rings. The average molecular weight is 498 g/mol. The zero-order valence-electron chi connectivity index (χ0n) is 21.2. The number of rotatable bonds is 2. The highest BCUT2D eigenvalue weighted by Crippen LogP contribution is 2.64. The van der Waals surface area contributed by atoms with Crippen molar-refractivity contribution in [2.45, 2.75) is 76.3 Å². The summed E-state index contributed by atoms with van der Waals surface area (Å²) in [5, 5.41) is 0. The van der Waals surface area contributed by atoms with Crippen molar-refractivity contribution in [3.63, 3.8) is 0 Å². The smallest absolute Gasteiger partial charge is 0.141 e. The molecule has 9 aliphatic rings. The molecule has 0 saturated heterocycles. The molecule has 0 N–H and O–H groups in total. The predicted octanol–water partition coefficient (Wildman–Crippen LogP) is 8.29. The van der Waals surface area contributed by atoms with Crippen LogP contribution in [-0.4, -0.2) is 12.1 Å². The second-order valence-electron chi connectivity index (χ2n) is 13.8. The Bertz CT molecular complexity index is 1090. The number of para-hydroxylation sites is 2. The van der Waals surface area contributed by atoms with Gasteiger partial charge in [0, 0.05) is 11.1 Å². The van der Waals surface area contributed by atoms with Crippen LogP contribution in [0.5, 0.6) is 0 Å². The number of nitrogens with zero attached hydrogens (tertiary/aromatic N) is 2. The first-order valence-corrected chi connectivity index (χ1v) is 16.1. The van der Waals surface area contributed by atoms with Gasteiger partial charge in [-0.1, -0.05) is 36.4 Å². The highest BCUT2D eigenvalue weighted by atomic mass is 31.1. The van der Waals surface area contributed by atoms with E-state index in [1.807, 2.05) is 0 Å². The van der Waals surface area contributed by atoms with Gasteiger partial charge in [0.2, 0.25) is 0 Å². The summed E-state index contributed by atoms with van der Waals surface area (Å²) in [7, 11) is -1.70. The minimum absolute atomic E-state index is 0.441. The van der Waals surface area contributed by atoms with E-state index in [9.17, 15) is 0 Å². The van der Waals surface area contributed by atoms with Crippen LogP contribution < -0.4 is 9.34 Å². The predicted molar refractivity (Wildman–Crippen MR) is 146 cm³/mol. The first kappa shape index (κ1) is 21.1. The molecule has 36 heavy (non-hydrogen) atoms. The summed E-state index contributed by atoms with van der Waals surface area (Å²) in [5.74, 6) is 6.60. The SMILES string of the molecule is O=[P+]1N(C2C3CC4CC(C3)CC2C4)c2ccccc2-c2ccccc2N1C1C2CC3CC(C2)CC1C3. The molecule has 0 amide bonds. The van der Waals surface area contributed by atoms with Crippen molar-refractivity contribution >= 4 is 19.5 Å². The van der Waals surface area contributed by atoms with E-state index < -0.39 is 8.10 Å². The van der Waals surface area contributed by atoms with Crippen molar-refractivity contribution in [3.8, 4) is 11.1 Å². The number of hydrogen-bond donors (Lipinski definition) is 0. The Morgan fingerprint density at radius 3 is 1.19 bits per heavy atom. The molecule has 8 aliphatic carbocycles. The quantitative estimate of drug-likeness (QED) is 0.390. The third-order valence-corrected chi connectivity index (χ3v) is 13.6. The van der Waals surface area contributed by atoms with Crippen molar-refractivity contribution in [1.29, 1.82) is 0 Å². The van der Waals surface area contributed by atoms with Gasteiger partial charge in [0.05, 0.1) is 23.5 Å². The van der Waals surface area contributed by atoms with Crippen molar-refractivity contribution < 1.29 is 4.57 Å². The molecule has 8 bridgehead atoms. The van der Waals surface area contributed by atoms with Crippen LogP contribution in [0.2, 0.25) is 0 Å². The van der Waals surface area contributed by atoms with E-state index in [1.165, 1.54) is 86.7 Å².